The minimum absolute atomic E-state index is 0.182. The van der Waals surface area contributed by atoms with Gasteiger partial charge in [-0.05, 0) is 12.0 Å². The summed E-state index contributed by atoms with van der Waals surface area (Å²) >= 11 is 0. The van der Waals surface area contributed by atoms with Gasteiger partial charge in [0.2, 0.25) is 5.82 Å². The van der Waals surface area contributed by atoms with Gasteiger partial charge in [-0.1, -0.05) is 36.3 Å². The first kappa shape index (κ1) is 17.9. The van der Waals surface area contributed by atoms with Crippen LogP contribution >= 0.6 is 0 Å². The van der Waals surface area contributed by atoms with Crippen molar-refractivity contribution in [1.29, 1.82) is 0 Å². The van der Waals surface area contributed by atoms with Crippen molar-refractivity contribution in [3.05, 3.63) is 35.7 Å². The Morgan fingerprint density at radius 2 is 2.00 bits per heavy atom. The van der Waals surface area contributed by atoms with E-state index in [1.807, 2.05) is 6.92 Å². The van der Waals surface area contributed by atoms with E-state index >= 15 is 0 Å². The molecule has 0 aliphatic carbocycles. The summed E-state index contributed by atoms with van der Waals surface area (Å²) in [7, 11) is 1.40. The number of carbonyl (C=O) groups is 1. The molecule has 0 aliphatic heterocycles. The van der Waals surface area contributed by atoms with Crippen molar-refractivity contribution in [3.63, 3.8) is 0 Å². The molecule has 0 saturated carbocycles. The summed E-state index contributed by atoms with van der Waals surface area (Å²) in [5.41, 5.74) is 0.899. The van der Waals surface area contributed by atoms with E-state index in [1.54, 1.807) is 12.1 Å². The molecule has 1 aromatic carbocycles. The van der Waals surface area contributed by atoms with Crippen molar-refractivity contribution in [3.8, 4) is 11.4 Å². The number of aromatic nitrogens is 2. The fraction of sp³-hybridized carbons (Fsp3) is 0.400. The van der Waals surface area contributed by atoms with Crippen molar-refractivity contribution >= 4 is 5.91 Å². The molecule has 130 valence electrons. The van der Waals surface area contributed by atoms with Crippen molar-refractivity contribution < 1.29 is 27.2 Å². The quantitative estimate of drug-likeness (QED) is 0.872. The third-order valence-corrected chi connectivity index (χ3v) is 3.16. The number of hydrogen-bond donors (Lipinski definition) is 1. The Morgan fingerprint density at radius 3 is 2.50 bits per heavy atom. The topological polar surface area (TPSA) is 77.2 Å². The van der Waals surface area contributed by atoms with Crippen LogP contribution in [0.1, 0.15) is 30.9 Å². The maximum atomic E-state index is 12.5. The summed E-state index contributed by atoms with van der Waals surface area (Å²) in [6.45, 7) is 2.46. The summed E-state index contributed by atoms with van der Waals surface area (Å²) in [6.07, 6.45) is -4.70. The molecule has 2 rings (SSSR count). The average Bonchev–Trinajstić information content (AvgIpc) is 3.04. The van der Waals surface area contributed by atoms with Crippen LogP contribution in [0.2, 0.25) is 0 Å². The minimum atomic E-state index is -4.69. The molecule has 0 bridgehead atoms. The van der Waals surface area contributed by atoms with E-state index in [1.165, 1.54) is 19.2 Å². The first-order valence-electron chi connectivity index (χ1n) is 7.18. The highest BCUT2D eigenvalue weighted by molar-refractivity contribution is 5.82. The number of ether oxygens (including phenoxy) is 1. The molecule has 1 aromatic heterocycles. The SMILES string of the molecule is CCCNC(=O)C(OC)c1ccc(-c2noc(C(F)(F)F)n2)cc1. The second kappa shape index (κ2) is 7.43. The van der Waals surface area contributed by atoms with Gasteiger partial charge in [0, 0.05) is 19.2 Å². The highest BCUT2D eigenvalue weighted by atomic mass is 19.4. The van der Waals surface area contributed by atoms with Crippen molar-refractivity contribution in [2.75, 3.05) is 13.7 Å². The number of carbonyl (C=O) groups excluding carboxylic acids is 1. The lowest BCUT2D eigenvalue weighted by atomic mass is 10.1. The molecular weight excluding hydrogens is 327 g/mol. The Bertz CT molecular complexity index is 683. The molecule has 6 nitrogen and oxygen atoms in total. The molecule has 0 fully saturated rings. The van der Waals surface area contributed by atoms with Gasteiger partial charge >= 0.3 is 12.1 Å². The van der Waals surface area contributed by atoms with Crippen LogP contribution in [0.5, 0.6) is 0 Å². The lowest BCUT2D eigenvalue weighted by molar-refractivity contribution is -0.159. The van der Waals surface area contributed by atoms with Gasteiger partial charge in [0.15, 0.2) is 6.10 Å². The van der Waals surface area contributed by atoms with Gasteiger partial charge < -0.3 is 14.6 Å². The lowest BCUT2D eigenvalue weighted by Crippen LogP contribution is -2.30. The first-order valence-corrected chi connectivity index (χ1v) is 7.18. The fourth-order valence-electron chi connectivity index (χ4n) is 2.00. The van der Waals surface area contributed by atoms with Gasteiger partial charge in [0.1, 0.15) is 0 Å². The molecule has 0 saturated heterocycles. The lowest BCUT2D eigenvalue weighted by Gasteiger charge is -2.15. The van der Waals surface area contributed by atoms with Crippen molar-refractivity contribution in [2.45, 2.75) is 25.6 Å². The Balaban J connectivity index is 2.17. The van der Waals surface area contributed by atoms with Crippen LogP contribution in [0.25, 0.3) is 11.4 Å². The summed E-state index contributed by atoms with van der Waals surface area (Å²) < 4.78 is 46.8. The van der Waals surface area contributed by atoms with Gasteiger partial charge in [-0.2, -0.15) is 18.2 Å². The molecule has 1 N–H and O–H groups in total. The maximum absolute atomic E-state index is 12.5. The van der Waals surface area contributed by atoms with Gasteiger partial charge in [-0.3, -0.25) is 4.79 Å². The number of alkyl halides is 3. The van der Waals surface area contributed by atoms with E-state index in [4.69, 9.17) is 4.74 Å². The van der Waals surface area contributed by atoms with E-state index < -0.39 is 18.2 Å². The van der Waals surface area contributed by atoms with E-state index in [9.17, 15) is 18.0 Å². The van der Waals surface area contributed by atoms with E-state index in [-0.39, 0.29) is 11.7 Å². The molecular formula is C15H16F3N3O3. The molecule has 0 radical (unpaired) electrons. The first-order chi connectivity index (χ1) is 11.4. The molecule has 0 aliphatic rings. The summed E-state index contributed by atoms with van der Waals surface area (Å²) in [5, 5.41) is 6.03. The van der Waals surface area contributed by atoms with Crippen LogP contribution in [0.4, 0.5) is 13.2 Å². The Hall–Kier alpha value is -2.42. The average molecular weight is 343 g/mol. The predicted molar refractivity (Wildman–Crippen MR) is 77.8 cm³/mol. The van der Waals surface area contributed by atoms with Crippen molar-refractivity contribution in [2.24, 2.45) is 0 Å². The normalized spacial score (nSPS) is 12.9. The summed E-state index contributed by atoms with van der Waals surface area (Å²) in [5.74, 6) is -1.88. The highest BCUT2D eigenvalue weighted by Crippen LogP contribution is 2.29. The fourth-order valence-corrected chi connectivity index (χ4v) is 2.00. The van der Waals surface area contributed by atoms with Crippen LogP contribution in [0.3, 0.4) is 0 Å². The third-order valence-electron chi connectivity index (χ3n) is 3.16. The number of halogens is 3. The smallest absolute Gasteiger partial charge is 0.367 e. The number of hydrogen-bond acceptors (Lipinski definition) is 5. The predicted octanol–water partition coefficient (Wildman–Crippen LogP) is 2.97. The van der Waals surface area contributed by atoms with Gasteiger partial charge in [0.25, 0.3) is 5.91 Å². The minimum Gasteiger partial charge on any atom is -0.367 e. The zero-order valence-corrected chi connectivity index (χ0v) is 13.1. The van der Waals surface area contributed by atoms with E-state index in [0.717, 1.165) is 6.42 Å². The Morgan fingerprint density at radius 1 is 1.33 bits per heavy atom. The zero-order valence-electron chi connectivity index (χ0n) is 13.1. The molecule has 1 heterocycles. The van der Waals surface area contributed by atoms with Crippen LogP contribution in [-0.4, -0.2) is 29.7 Å². The van der Waals surface area contributed by atoms with E-state index in [2.05, 4.69) is 20.0 Å². The Kier molecular flexibility index (Phi) is 5.55. The monoisotopic (exact) mass is 343 g/mol. The maximum Gasteiger partial charge on any atom is 0.471 e. The zero-order chi connectivity index (χ0) is 17.7. The molecule has 0 spiro atoms. The van der Waals surface area contributed by atoms with Gasteiger partial charge in [0.05, 0.1) is 0 Å². The Labute approximate surface area is 136 Å². The molecule has 9 heteroatoms. The van der Waals surface area contributed by atoms with Crippen LogP contribution in [-0.2, 0) is 15.7 Å². The number of methoxy groups -OCH3 is 1. The summed E-state index contributed by atoms with van der Waals surface area (Å²) in [6, 6.07) is 6.14. The molecule has 24 heavy (non-hydrogen) atoms. The summed E-state index contributed by atoms with van der Waals surface area (Å²) in [4.78, 5) is 15.3. The largest absolute Gasteiger partial charge is 0.471 e. The molecule has 1 unspecified atom stereocenters. The number of benzene rings is 1. The van der Waals surface area contributed by atoms with Crippen molar-refractivity contribution in [1.82, 2.24) is 15.5 Å². The van der Waals surface area contributed by atoms with Crippen LogP contribution in [0, 0.1) is 0 Å². The van der Waals surface area contributed by atoms with Crippen LogP contribution in [0.15, 0.2) is 28.8 Å². The number of amides is 1. The third kappa shape index (κ3) is 4.10. The number of rotatable bonds is 6. The standard InChI is InChI=1S/C15H16F3N3O3/c1-3-8-19-13(22)11(23-2)9-4-6-10(7-5-9)12-20-14(24-21-12)15(16,17)18/h4-7,11H,3,8H2,1-2H3,(H,19,22). The highest BCUT2D eigenvalue weighted by Gasteiger charge is 2.38. The second-order valence-corrected chi connectivity index (χ2v) is 4.95. The van der Waals surface area contributed by atoms with Gasteiger partial charge in [-0.25, -0.2) is 0 Å². The number of nitrogens with zero attached hydrogens (tertiary/aromatic N) is 2. The molecule has 1 atom stereocenters. The second-order valence-electron chi connectivity index (χ2n) is 4.95. The van der Waals surface area contributed by atoms with Gasteiger partial charge in [-0.15, -0.1) is 0 Å². The number of nitrogens with one attached hydrogen (secondary N) is 1. The molecule has 1 amide bonds. The van der Waals surface area contributed by atoms with Crippen LogP contribution < -0.4 is 5.32 Å². The molecule has 2 aromatic rings. The van der Waals surface area contributed by atoms with E-state index in [0.29, 0.717) is 17.7 Å².